The first-order chi connectivity index (χ1) is 13.7. The second kappa shape index (κ2) is 8.73. The minimum absolute atomic E-state index is 0.151. The number of benzene rings is 2. The highest BCUT2D eigenvalue weighted by Gasteiger charge is 2.25. The van der Waals surface area contributed by atoms with Gasteiger partial charge in [0, 0.05) is 24.7 Å². The summed E-state index contributed by atoms with van der Waals surface area (Å²) >= 11 is 6.02. The van der Waals surface area contributed by atoms with E-state index in [4.69, 9.17) is 20.9 Å². The van der Waals surface area contributed by atoms with Gasteiger partial charge in [-0.2, -0.15) is 4.98 Å². The third-order valence-electron chi connectivity index (χ3n) is 4.84. The van der Waals surface area contributed by atoms with Crippen LogP contribution in [-0.4, -0.2) is 41.7 Å². The topological polar surface area (TPSA) is 63.4 Å². The van der Waals surface area contributed by atoms with Gasteiger partial charge < -0.3 is 14.6 Å². The van der Waals surface area contributed by atoms with Gasteiger partial charge in [0.25, 0.3) is 0 Å². The Morgan fingerprint density at radius 3 is 2.93 bits per heavy atom. The quantitative estimate of drug-likeness (QED) is 0.686. The first kappa shape index (κ1) is 18.9. The normalized spacial score (nSPS) is 17.6. The van der Waals surface area contributed by atoms with E-state index < -0.39 is 0 Å². The number of hydrogen-bond acceptors (Lipinski definition) is 6. The van der Waals surface area contributed by atoms with Crippen LogP contribution in [0.4, 0.5) is 0 Å². The molecule has 6 nitrogen and oxygen atoms in total. The van der Waals surface area contributed by atoms with Crippen molar-refractivity contribution in [2.45, 2.75) is 19.1 Å². The third-order valence-corrected chi connectivity index (χ3v) is 5.08. The van der Waals surface area contributed by atoms with Crippen LogP contribution in [0.2, 0.25) is 5.02 Å². The summed E-state index contributed by atoms with van der Waals surface area (Å²) in [6, 6.07) is 15.8. The molecule has 7 heteroatoms. The van der Waals surface area contributed by atoms with E-state index in [1.165, 1.54) is 0 Å². The first-order valence-electron chi connectivity index (χ1n) is 9.37. The standard InChI is InChI=1S/C21H23ClN4O2/c1-26-9-8-23-13-19(26)21-24-20(28-25-21)12-15-4-3-7-18(11-15)27-14-16-5-2-6-17(22)10-16/h2-7,10-11,19,23H,8-9,12-14H2,1H3. The lowest BCUT2D eigenvalue weighted by atomic mass is 10.1. The van der Waals surface area contributed by atoms with Crippen molar-refractivity contribution in [2.24, 2.45) is 0 Å². The van der Waals surface area contributed by atoms with Gasteiger partial charge >= 0.3 is 0 Å². The Morgan fingerprint density at radius 2 is 2.07 bits per heavy atom. The van der Waals surface area contributed by atoms with Crippen molar-refractivity contribution in [2.75, 3.05) is 26.7 Å². The highest BCUT2D eigenvalue weighted by molar-refractivity contribution is 6.30. The van der Waals surface area contributed by atoms with Gasteiger partial charge in [-0.1, -0.05) is 41.0 Å². The van der Waals surface area contributed by atoms with Crippen LogP contribution in [0.5, 0.6) is 5.75 Å². The van der Waals surface area contributed by atoms with Gasteiger partial charge in [-0.25, -0.2) is 0 Å². The van der Waals surface area contributed by atoms with Crippen LogP contribution in [0.1, 0.15) is 28.9 Å². The molecule has 4 rings (SSSR count). The Hall–Kier alpha value is -2.41. The fourth-order valence-corrected chi connectivity index (χ4v) is 3.50. The second-order valence-corrected chi connectivity index (χ2v) is 7.43. The number of aromatic nitrogens is 2. The monoisotopic (exact) mass is 398 g/mol. The van der Waals surface area contributed by atoms with E-state index in [1.807, 2.05) is 48.5 Å². The molecule has 1 aliphatic heterocycles. The molecule has 2 aromatic carbocycles. The molecule has 146 valence electrons. The van der Waals surface area contributed by atoms with Crippen molar-refractivity contribution in [3.63, 3.8) is 0 Å². The van der Waals surface area contributed by atoms with Gasteiger partial charge in [0.1, 0.15) is 12.4 Å². The average Bonchev–Trinajstić information content (AvgIpc) is 3.15. The van der Waals surface area contributed by atoms with E-state index in [-0.39, 0.29) is 6.04 Å². The summed E-state index contributed by atoms with van der Waals surface area (Å²) in [5, 5.41) is 8.26. The Labute approximate surface area is 169 Å². The maximum absolute atomic E-state index is 6.02. The fraction of sp³-hybridized carbons (Fsp3) is 0.333. The molecule has 28 heavy (non-hydrogen) atoms. The zero-order valence-electron chi connectivity index (χ0n) is 15.8. The SMILES string of the molecule is CN1CCNCC1c1noc(Cc2cccc(OCc3cccc(Cl)c3)c2)n1. The highest BCUT2D eigenvalue weighted by atomic mass is 35.5. The van der Waals surface area contributed by atoms with Gasteiger partial charge in [-0.3, -0.25) is 4.90 Å². The maximum Gasteiger partial charge on any atom is 0.231 e. The number of likely N-dealkylation sites (N-methyl/N-ethyl adjacent to an activating group) is 1. The minimum Gasteiger partial charge on any atom is -0.489 e. The van der Waals surface area contributed by atoms with Crippen LogP contribution in [0.15, 0.2) is 53.1 Å². The summed E-state index contributed by atoms with van der Waals surface area (Å²) in [4.78, 5) is 6.84. The predicted octanol–water partition coefficient (Wildman–Crippen LogP) is 3.47. The van der Waals surface area contributed by atoms with E-state index in [0.29, 0.717) is 23.9 Å². The molecular weight excluding hydrogens is 376 g/mol. The number of halogens is 1. The Balaban J connectivity index is 1.39. The molecule has 2 heterocycles. The van der Waals surface area contributed by atoms with Crippen LogP contribution in [0.3, 0.4) is 0 Å². The molecule has 1 unspecified atom stereocenters. The van der Waals surface area contributed by atoms with Crippen molar-refractivity contribution in [1.82, 2.24) is 20.4 Å². The van der Waals surface area contributed by atoms with Crippen LogP contribution < -0.4 is 10.1 Å². The summed E-state index contributed by atoms with van der Waals surface area (Å²) < 4.78 is 11.4. The second-order valence-electron chi connectivity index (χ2n) is 6.99. The maximum atomic E-state index is 6.02. The Bertz CT molecular complexity index is 930. The van der Waals surface area contributed by atoms with Gasteiger partial charge in [0.2, 0.25) is 5.89 Å². The summed E-state index contributed by atoms with van der Waals surface area (Å²) in [6.07, 6.45) is 0.575. The third kappa shape index (κ3) is 4.70. The number of nitrogens with one attached hydrogen (secondary N) is 1. The molecule has 0 amide bonds. The van der Waals surface area contributed by atoms with E-state index in [0.717, 1.165) is 42.3 Å². The zero-order chi connectivity index (χ0) is 19.3. The van der Waals surface area contributed by atoms with Crippen molar-refractivity contribution in [1.29, 1.82) is 0 Å². The molecule has 1 aromatic heterocycles. The van der Waals surface area contributed by atoms with Gasteiger partial charge in [0.15, 0.2) is 5.82 Å². The lowest BCUT2D eigenvalue weighted by Crippen LogP contribution is -2.44. The minimum atomic E-state index is 0.151. The van der Waals surface area contributed by atoms with E-state index in [1.54, 1.807) is 0 Å². The lowest BCUT2D eigenvalue weighted by Gasteiger charge is -2.30. The number of ether oxygens (including phenoxy) is 1. The molecular formula is C21H23ClN4O2. The molecule has 1 aliphatic rings. The van der Waals surface area contributed by atoms with Crippen LogP contribution >= 0.6 is 11.6 Å². The van der Waals surface area contributed by atoms with Crippen molar-refractivity contribution >= 4 is 11.6 Å². The summed E-state index contributed by atoms with van der Waals surface area (Å²) in [5.74, 6) is 2.15. The van der Waals surface area contributed by atoms with Crippen LogP contribution in [0, 0.1) is 0 Å². The van der Waals surface area contributed by atoms with Crippen molar-refractivity contribution in [3.05, 3.63) is 76.4 Å². The number of hydrogen-bond donors (Lipinski definition) is 1. The molecule has 0 bridgehead atoms. The van der Waals surface area contributed by atoms with Crippen LogP contribution in [-0.2, 0) is 13.0 Å². The predicted molar refractivity (Wildman–Crippen MR) is 108 cm³/mol. The fourth-order valence-electron chi connectivity index (χ4n) is 3.28. The lowest BCUT2D eigenvalue weighted by molar-refractivity contribution is 0.190. The molecule has 0 radical (unpaired) electrons. The molecule has 0 aliphatic carbocycles. The number of piperazine rings is 1. The van der Waals surface area contributed by atoms with E-state index in [9.17, 15) is 0 Å². The van der Waals surface area contributed by atoms with E-state index >= 15 is 0 Å². The summed E-state index contributed by atoms with van der Waals surface area (Å²) in [7, 11) is 2.09. The summed E-state index contributed by atoms with van der Waals surface area (Å²) in [5.41, 5.74) is 2.10. The average molecular weight is 399 g/mol. The molecule has 3 aromatic rings. The van der Waals surface area contributed by atoms with E-state index in [2.05, 4.69) is 27.4 Å². The molecule has 1 fully saturated rings. The first-order valence-corrected chi connectivity index (χ1v) is 9.75. The molecule has 0 saturated carbocycles. The van der Waals surface area contributed by atoms with Crippen molar-refractivity contribution in [3.8, 4) is 5.75 Å². The zero-order valence-corrected chi connectivity index (χ0v) is 16.5. The van der Waals surface area contributed by atoms with Gasteiger partial charge in [-0.05, 0) is 42.4 Å². The highest BCUT2D eigenvalue weighted by Crippen LogP contribution is 2.21. The molecule has 1 saturated heterocycles. The van der Waals surface area contributed by atoms with Gasteiger partial charge in [0.05, 0.1) is 12.5 Å². The number of rotatable bonds is 6. The summed E-state index contributed by atoms with van der Waals surface area (Å²) in [6.45, 7) is 3.26. The largest absolute Gasteiger partial charge is 0.489 e. The van der Waals surface area contributed by atoms with Crippen molar-refractivity contribution < 1.29 is 9.26 Å². The number of nitrogens with zero attached hydrogens (tertiary/aromatic N) is 3. The molecule has 1 atom stereocenters. The van der Waals surface area contributed by atoms with Gasteiger partial charge in [-0.15, -0.1) is 0 Å². The smallest absolute Gasteiger partial charge is 0.231 e. The molecule has 0 spiro atoms. The Kier molecular flexibility index (Phi) is 5.90. The Morgan fingerprint density at radius 1 is 1.21 bits per heavy atom. The van der Waals surface area contributed by atoms with Crippen LogP contribution in [0.25, 0.3) is 0 Å². The molecule has 1 N–H and O–H groups in total.